The van der Waals surface area contributed by atoms with Crippen molar-refractivity contribution < 1.29 is 9.12 Å². The smallest absolute Gasteiger partial charge is 0.310 e. The Labute approximate surface area is 83.7 Å². The summed E-state index contributed by atoms with van der Waals surface area (Å²) < 4.78 is 14.3. The van der Waals surface area contributed by atoms with Gasteiger partial charge in [0.05, 0.1) is 0 Å². The van der Waals surface area contributed by atoms with Gasteiger partial charge in [-0.2, -0.15) is 0 Å². The predicted molar refractivity (Wildman–Crippen MR) is 47.5 cm³/mol. The molecule has 2 aromatic heterocycles. The van der Waals surface area contributed by atoms with E-state index < -0.39 is 5.82 Å². The van der Waals surface area contributed by atoms with Gasteiger partial charge in [0.15, 0.2) is 11.0 Å². The van der Waals surface area contributed by atoms with Gasteiger partial charge in [-0.05, 0) is 6.07 Å². The second kappa shape index (κ2) is 3.26. The van der Waals surface area contributed by atoms with Crippen molar-refractivity contribution in [3.05, 3.63) is 46.8 Å². The minimum atomic E-state index is -0.595. The van der Waals surface area contributed by atoms with Crippen LogP contribution in [-0.2, 0) is 0 Å². The summed E-state index contributed by atoms with van der Waals surface area (Å²) in [6.45, 7) is 0. The van der Waals surface area contributed by atoms with Gasteiger partial charge in [-0.15, -0.1) is 4.68 Å². The molecule has 0 bridgehead atoms. The summed E-state index contributed by atoms with van der Waals surface area (Å²) in [5.41, 5.74) is 0. The van der Waals surface area contributed by atoms with Gasteiger partial charge in [0.1, 0.15) is 12.4 Å². The molecule has 0 amide bonds. The Morgan fingerprint density at radius 2 is 2.21 bits per heavy atom. The Kier molecular flexibility index (Phi) is 2.09. The van der Waals surface area contributed by atoms with Gasteiger partial charge >= 0.3 is 5.82 Å². The van der Waals surface area contributed by atoms with E-state index in [0.717, 1.165) is 6.20 Å². The Morgan fingerprint density at radius 3 is 2.79 bits per heavy atom. The van der Waals surface area contributed by atoms with E-state index >= 15 is 0 Å². The second-order valence-corrected chi connectivity index (χ2v) is 3.00. The maximum absolute atomic E-state index is 12.6. The summed E-state index contributed by atoms with van der Waals surface area (Å²) in [6.07, 6.45) is 2.34. The maximum Gasteiger partial charge on any atom is 0.310 e. The monoisotopic (exact) mass is 213 g/mol. The number of aromatic nitrogens is 3. The molecule has 0 fully saturated rings. The Balaban J connectivity index is 2.52. The van der Waals surface area contributed by atoms with E-state index in [9.17, 15) is 9.60 Å². The molecular formula is C8H5ClFN3O. The maximum atomic E-state index is 12.6. The molecule has 2 aromatic rings. The SMILES string of the molecule is [O-][n+]1cc(F)ccc1-n1ccc(Cl)n1. The Morgan fingerprint density at radius 1 is 1.43 bits per heavy atom. The van der Waals surface area contributed by atoms with E-state index in [1.165, 1.54) is 29.1 Å². The van der Waals surface area contributed by atoms with Crippen LogP contribution < -0.4 is 4.73 Å². The van der Waals surface area contributed by atoms with Crippen LogP contribution in [0.25, 0.3) is 5.82 Å². The molecule has 0 aliphatic rings. The third-order valence-corrected chi connectivity index (χ3v) is 1.85. The van der Waals surface area contributed by atoms with Crippen molar-refractivity contribution in [3.8, 4) is 5.82 Å². The normalized spacial score (nSPS) is 10.4. The summed E-state index contributed by atoms with van der Waals surface area (Å²) in [7, 11) is 0. The molecule has 0 saturated carbocycles. The first-order valence-corrected chi connectivity index (χ1v) is 4.15. The molecule has 6 heteroatoms. The lowest BCUT2D eigenvalue weighted by Crippen LogP contribution is -2.32. The van der Waals surface area contributed by atoms with E-state index in [1.807, 2.05) is 0 Å². The van der Waals surface area contributed by atoms with Crippen LogP contribution in [0.3, 0.4) is 0 Å². The molecule has 0 aromatic carbocycles. The summed E-state index contributed by atoms with van der Waals surface area (Å²) in [4.78, 5) is 0. The van der Waals surface area contributed by atoms with E-state index in [2.05, 4.69) is 5.10 Å². The molecule has 2 heterocycles. The molecule has 0 aliphatic heterocycles. The summed E-state index contributed by atoms with van der Waals surface area (Å²) >= 11 is 5.58. The molecule has 0 aliphatic carbocycles. The van der Waals surface area contributed by atoms with Crippen molar-refractivity contribution in [1.29, 1.82) is 0 Å². The van der Waals surface area contributed by atoms with Gasteiger partial charge in [0, 0.05) is 12.1 Å². The highest BCUT2D eigenvalue weighted by molar-refractivity contribution is 6.29. The lowest BCUT2D eigenvalue weighted by molar-refractivity contribution is -0.601. The highest BCUT2D eigenvalue weighted by Gasteiger charge is 2.10. The van der Waals surface area contributed by atoms with E-state index in [4.69, 9.17) is 11.6 Å². The zero-order valence-corrected chi connectivity index (χ0v) is 7.65. The largest absolute Gasteiger partial charge is 0.710 e. The van der Waals surface area contributed by atoms with Crippen LogP contribution in [0.4, 0.5) is 4.39 Å². The van der Waals surface area contributed by atoms with Crippen LogP contribution in [-0.4, -0.2) is 9.78 Å². The topological polar surface area (TPSA) is 44.8 Å². The van der Waals surface area contributed by atoms with Crippen LogP contribution in [0, 0.1) is 11.0 Å². The Bertz CT molecular complexity index is 471. The van der Waals surface area contributed by atoms with Crippen molar-refractivity contribution in [2.75, 3.05) is 0 Å². The molecule has 0 N–H and O–H groups in total. The quantitative estimate of drug-likeness (QED) is 0.530. The molecule has 0 unspecified atom stereocenters. The van der Waals surface area contributed by atoms with Crippen molar-refractivity contribution in [3.63, 3.8) is 0 Å². The lowest BCUT2D eigenvalue weighted by Gasteiger charge is -2.05. The van der Waals surface area contributed by atoms with Gasteiger partial charge in [-0.3, -0.25) is 0 Å². The van der Waals surface area contributed by atoms with E-state index in [0.29, 0.717) is 4.73 Å². The van der Waals surface area contributed by atoms with E-state index in [-0.39, 0.29) is 11.0 Å². The summed E-state index contributed by atoms with van der Waals surface area (Å²) in [5.74, 6) is -0.402. The van der Waals surface area contributed by atoms with Crippen LogP contribution in [0.1, 0.15) is 0 Å². The lowest BCUT2D eigenvalue weighted by atomic mass is 10.4. The van der Waals surface area contributed by atoms with Crippen LogP contribution in [0.2, 0.25) is 5.15 Å². The Hall–Kier alpha value is -1.62. The summed E-state index contributed by atoms with van der Waals surface area (Å²) in [5, 5.41) is 15.3. The first-order valence-electron chi connectivity index (χ1n) is 3.77. The highest BCUT2D eigenvalue weighted by Crippen LogP contribution is 2.07. The second-order valence-electron chi connectivity index (χ2n) is 2.61. The first-order chi connectivity index (χ1) is 6.66. The fourth-order valence-corrected chi connectivity index (χ4v) is 1.19. The standard InChI is InChI=1S/C8H5ClFN3O/c9-7-3-4-12(11-7)8-2-1-6(10)5-13(8)14/h1-5H. The number of hydrogen-bond donors (Lipinski definition) is 0. The zero-order chi connectivity index (χ0) is 10.1. The van der Waals surface area contributed by atoms with Gasteiger partial charge in [0.2, 0.25) is 0 Å². The van der Waals surface area contributed by atoms with Crippen molar-refractivity contribution in [2.45, 2.75) is 0 Å². The van der Waals surface area contributed by atoms with Crippen molar-refractivity contribution >= 4 is 11.6 Å². The van der Waals surface area contributed by atoms with Gasteiger partial charge in [-0.25, -0.2) is 9.12 Å². The predicted octanol–water partition coefficient (Wildman–Crippen LogP) is 1.30. The van der Waals surface area contributed by atoms with Crippen molar-refractivity contribution in [2.24, 2.45) is 0 Å². The molecule has 0 saturated heterocycles. The number of rotatable bonds is 1. The molecule has 72 valence electrons. The molecule has 4 nitrogen and oxygen atoms in total. The minimum absolute atomic E-state index is 0.193. The molecule has 2 rings (SSSR count). The van der Waals surface area contributed by atoms with E-state index in [1.54, 1.807) is 0 Å². The first kappa shape index (κ1) is 8.96. The number of halogens is 2. The average Bonchev–Trinajstić information content (AvgIpc) is 2.51. The average molecular weight is 214 g/mol. The third-order valence-electron chi connectivity index (χ3n) is 1.65. The third kappa shape index (κ3) is 1.54. The number of pyridine rings is 1. The van der Waals surface area contributed by atoms with Crippen LogP contribution in [0.15, 0.2) is 30.6 Å². The van der Waals surface area contributed by atoms with Crippen LogP contribution in [0.5, 0.6) is 0 Å². The fourth-order valence-electron chi connectivity index (χ4n) is 1.06. The fraction of sp³-hybridized carbons (Fsp3) is 0. The van der Waals surface area contributed by atoms with Crippen molar-refractivity contribution in [1.82, 2.24) is 9.78 Å². The van der Waals surface area contributed by atoms with Gasteiger partial charge in [0.25, 0.3) is 0 Å². The molecule has 0 radical (unpaired) electrons. The highest BCUT2D eigenvalue weighted by atomic mass is 35.5. The number of nitrogens with zero attached hydrogens (tertiary/aromatic N) is 3. The van der Waals surface area contributed by atoms with Crippen LogP contribution >= 0.6 is 11.6 Å². The molecular weight excluding hydrogens is 209 g/mol. The molecule has 14 heavy (non-hydrogen) atoms. The van der Waals surface area contributed by atoms with Gasteiger partial charge < -0.3 is 5.21 Å². The zero-order valence-electron chi connectivity index (χ0n) is 6.89. The summed E-state index contributed by atoms with van der Waals surface area (Å²) in [6, 6.07) is 4.04. The minimum Gasteiger partial charge on any atom is -0.710 e. The molecule has 0 spiro atoms. The molecule has 0 atom stereocenters. The van der Waals surface area contributed by atoms with Gasteiger partial charge in [-0.1, -0.05) is 16.7 Å². The number of hydrogen-bond acceptors (Lipinski definition) is 2.